The molecule has 0 bridgehead atoms. The van der Waals surface area contributed by atoms with Gasteiger partial charge in [0.05, 0.1) is 15.3 Å². The number of H-pyrrole nitrogens is 2. The third-order valence-corrected chi connectivity index (χ3v) is 5.25. The number of aryl methyl sites for hydroxylation is 1. The van der Waals surface area contributed by atoms with Gasteiger partial charge in [0.1, 0.15) is 0 Å². The molecule has 2 N–H and O–H groups in total. The minimum Gasteiger partial charge on any atom is -0.321 e. The SMILES string of the molecule is Cc1cc(=O)[nH]c(Sc2c(-c3ccccc3)c3ccc([N+](=O)[O-])cc3[nH]c2=O)n1. The number of aromatic amines is 2. The van der Waals surface area contributed by atoms with Crippen molar-refractivity contribution in [2.75, 3.05) is 0 Å². The summed E-state index contributed by atoms with van der Waals surface area (Å²) < 4.78 is 0. The normalized spacial score (nSPS) is 10.9. The summed E-state index contributed by atoms with van der Waals surface area (Å²) in [5.41, 5.74) is 1.43. The minimum absolute atomic E-state index is 0.114. The molecule has 0 atom stereocenters. The molecule has 0 unspecified atom stereocenters. The first-order valence-corrected chi connectivity index (χ1v) is 9.40. The first-order valence-electron chi connectivity index (χ1n) is 8.58. The molecule has 9 heteroatoms. The van der Waals surface area contributed by atoms with Gasteiger partial charge in [0.25, 0.3) is 16.8 Å². The lowest BCUT2D eigenvalue weighted by Crippen LogP contribution is -2.13. The molecule has 0 radical (unpaired) electrons. The predicted octanol–water partition coefficient (Wildman–Crippen LogP) is 3.65. The number of nitrogens with zero attached hydrogens (tertiary/aromatic N) is 2. The molecule has 0 spiro atoms. The second-order valence-electron chi connectivity index (χ2n) is 6.31. The fraction of sp³-hybridized carbons (Fsp3) is 0.0500. The Morgan fingerprint density at radius 1 is 1.03 bits per heavy atom. The van der Waals surface area contributed by atoms with E-state index >= 15 is 0 Å². The molecule has 2 aromatic heterocycles. The number of fused-ring (bicyclic) bond motifs is 1. The molecule has 0 saturated carbocycles. The Morgan fingerprint density at radius 2 is 1.79 bits per heavy atom. The first kappa shape index (κ1) is 18.6. The van der Waals surface area contributed by atoms with Crippen LogP contribution >= 0.6 is 11.8 Å². The van der Waals surface area contributed by atoms with E-state index in [1.165, 1.54) is 18.2 Å². The summed E-state index contributed by atoms with van der Waals surface area (Å²) in [5.74, 6) is 0. The number of pyridine rings is 1. The van der Waals surface area contributed by atoms with E-state index < -0.39 is 10.5 Å². The Labute approximate surface area is 167 Å². The molecule has 0 saturated heterocycles. The highest BCUT2D eigenvalue weighted by Crippen LogP contribution is 2.37. The monoisotopic (exact) mass is 406 g/mol. The van der Waals surface area contributed by atoms with E-state index in [2.05, 4.69) is 15.0 Å². The van der Waals surface area contributed by atoms with Crippen molar-refractivity contribution in [2.24, 2.45) is 0 Å². The van der Waals surface area contributed by atoms with Crippen LogP contribution in [0.5, 0.6) is 0 Å². The number of hydrogen-bond acceptors (Lipinski definition) is 6. The fourth-order valence-electron chi connectivity index (χ4n) is 3.07. The van der Waals surface area contributed by atoms with Gasteiger partial charge in [0.15, 0.2) is 5.16 Å². The zero-order valence-corrected chi connectivity index (χ0v) is 15.9. The maximum Gasteiger partial charge on any atom is 0.271 e. The summed E-state index contributed by atoms with van der Waals surface area (Å²) in [6.45, 7) is 1.70. The zero-order chi connectivity index (χ0) is 20.5. The molecule has 29 heavy (non-hydrogen) atoms. The van der Waals surface area contributed by atoms with E-state index in [0.717, 1.165) is 17.3 Å². The molecule has 0 aliphatic heterocycles. The van der Waals surface area contributed by atoms with Crippen LogP contribution in [-0.2, 0) is 0 Å². The van der Waals surface area contributed by atoms with Gasteiger partial charge in [-0.1, -0.05) is 30.3 Å². The van der Waals surface area contributed by atoms with Crippen LogP contribution in [0.4, 0.5) is 5.69 Å². The van der Waals surface area contributed by atoms with Gasteiger partial charge >= 0.3 is 0 Å². The van der Waals surface area contributed by atoms with Crippen molar-refractivity contribution >= 4 is 28.4 Å². The Hall–Kier alpha value is -3.72. The standard InChI is InChI=1S/C20H14N4O4S/c1-11-9-16(25)23-20(21-11)29-18-17(12-5-3-2-4-6-12)14-8-7-13(24(27)28)10-15(14)22-19(18)26/h2-10H,1H3,(H,22,26)(H,21,23,25). The lowest BCUT2D eigenvalue weighted by molar-refractivity contribution is -0.384. The highest BCUT2D eigenvalue weighted by molar-refractivity contribution is 7.99. The van der Waals surface area contributed by atoms with Crippen molar-refractivity contribution < 1.29 is 4.92 Å². The van der Waals surface area contributed by atoms with Crippen molar-refractivity contribution in [3.05, 3.63) is 91.1 Å². The second kappa shape index (κ2) is 7.36. The lowest BCUT2D eigenvalue weighted by Gasteiger charge is -2.12. The maximum absolute atomic E-state index is 12.9. The highest BCUT2D eigenvalue weighted by Gasteiger charge is 2.19. The number of nitrogens with one attached hydrogen (secondary N) is 2. The van der Waals surface area contributed by atoms with Gasteiger partial charge in [-0.25, -0.2) is 4.98 Å². The van der Waals surface area contributed by atoms with Crippen LogP contribution < -0.4 is 11.1 Å². The molecule has 8 nitrogen and oxygen atoms in total. The molecule has 0 aliphatic rings. The highest BCUT2D eigenvalue weighted by atomic mass is 32.2. The number of non-ortho nitro benzene ring substituents is 1. The van der Waals surface area contributed by atoms with Gasteiger partial charge in [0, 0.05) is 34.8 Å². The van der Waals surface area contributed by atoms with Gasteiger partial charge in [-0.2, -0.15) is 0 Å². The van der Waals surface area contributed by atoms with E-state index in [1.807, 2.05) is 30.3 Å². The summed E-state index contributed by atoms with van der Waals surface area (Å²) in [7, 11) is 0. The number of rotatable bonds is 4. The second-order valence-corrected chi connectivity index (χ2v) is 7.30. The molecule has 2 aromatic carbocycles. The first-order chi connectivity index (χ1) is 13.9. The third-order valence-electron chi connectivity index (χ3n) is 4.27. The van der Waals surface area contributed by atoms with E-state index in [-0.39, 0.29) is 11.2 Å². The van der Waals surface area contributed by atoms with Crippen molar-refractivity contribution in [1.29, 1.82) is 0 Å². The number of aromatic nitrogens is 3. The molecule has 4 rings (SSSR count). The number of benzene rings is 2. The maximum atomic E-state index is 12.9. The molecule has 0 fully saturated rings. The van der Waals surface area contributed by atoms with Crippen molar-refractivity contribution in [1.82, 2.24) is 15.0 Å². The lowest BCUT2D eigenvalue weighted by atomic mass is 10.0. The predicted molar refractivity (Wildman–Crippen MR) is 110 cm³/mol. The summed E-state index contributed by atoms with van der Waals surface area (Å²) in [4.78, 5) is 45.3. The van der Waals surface area contributed by atoms with Crippen LogP contribution in [0.25, 0.3) is 22.0 Å². The van der Waals surface area contributed by atoms with Gasteiger partial charge in [0.2, 0.25) is 0 Å². The quantitative estimate of drug-likeness (QED) is 0.303. The van der Waals surface area contributed by atoms with Crippen LogP contribution in [0.2, 0.25) is 0 Å². The van der Waals surface area contributed by atoms with Crippen LogP contribution in [0.15, 0.2) is 74.2 Å². The van der Waals surface area contributed by atoms with E-state index in [9.17, 15) is 19.7 Å². The molecule has 4 aromatic rings. The van der Waals surface area contributed by atoms with Crippen LogP contribution in [0.3, 0.4) is 0 Å². The van der Waals surface area contributed by atoms with Crippen LogP contribution in [-0.4, -0.2) is 19.9 Å². The molecule has 2 heterocycles. The Bertz CT molecular complexity index is 1360. The minimum atomic E-state index is -0.510. The van der Waals surface area contributed by atoms with Crippen LogP contribution in [0, 0.1) is 17.0 Å². The summed E-state index contributed by atoms with van der Waals surface area (Å²) in [6, 6.07) is 15.0. The molecular formula is C20H14N4O4S. The number of nitro benzene ring substituents is 1. The summed E-state index contributed by atoms with van der Waals surface area (Å²) in [6.07, 6.45) is 0. The van der Waals surface area contributed by atoms with Crippen molar-refractivity contribution in [3.63, 3.8) is 0 Å². The average molecular weight is 406 g/mol. The third kappa shape index (κ3) is 3.67. The summed E-state index contributed by atoms with van der Waals surface area (Å²) in [5, 5.41) is 12.1. The van der Waals surface area contributed by atoms with E-state index in [4.69, 9.17) is 0 Å². The van der Waals surface area contributed by atoms with Crippen molar-refractivity contribution in [2.45, 2.75) is 17.0 Å². The zero-order valence-electron chi connectivity index (χ0n) is 15.1. The van der Waals surface area contributed by atoms with E-state index in [0.29, 0.717) is 32.2 Å². The average Bonchev–Trinajstić information content (AvgIpc) is 2.68. The number of nitro groups is 1. The van der Waals surface area contributed by atoms with E-state index in [1.54, 1.807) is 13.0 Å². The molecule has 0 amide bonds. The Morgan fingerprint density at radius 3 is 2.48 bits per heavy atom. The molecular weight excluding hydrogens is 392 g/mol. The topological polar surface area (TPSA) is 122 Å². The van der Waals surface area contributed by atoms with Gasteiger partial charge < -0.3 is 9.97 Å². The molecule has 144 valence electrons. The van der Waals surface area contributed by atoms with Gasteiger partial charge in [-0.15, -0.1) is 0 Å². The smallest absolute Gasteiger partial charge is 0.271 e. The van der Waals surface area contributed by atoms with Gasteiger partial charge in [-0.3, -0.25) is 19.7 Å². The fourth-order valence-corrected chi connectivity index (χ4v) is 4.08. The van der Waals surface area contributed by atoms with Gasteiger partial charge in [-0.05, 0) is 30.3 Å². The number of hydrogen-bond donors (Lipinski definition) is 2. The van der Waals surface area contributed by atoms with Crippen LogP contribution in [0.1, 0.15) is 5.69 Å². The van der Waals surface area contributed by atoms with Crippen molar-refractivity contribution in [3.8, 4) is 11.1 Å². The summed E-state index contributed by atoms with van der Waals surface area (Å²) >= 11 is 1.05. The largest absolute Gasteiger partial charge is 0.321 e. The Balaban J connectivity index is 2.01. The Kier molecular flexibility index (Phi) is 4.73. The molecule has 0 aliphatic carbocycles.